The Balaban J connectivity index is 1.76. The number of nitrogens with zero attached hydrogens (tertiary/aromatic N) is 1. The lowest BCUT2D eigenvalue weighted by atomic mass is 10.1. The number of aromatic nitrogens is 1. The Kier molecular flexibility index (Phi) is 6.33. The maximum atomic E-state index is 12.7. The molecule has 3 rings (SSSR count). The largest absolute Gasteiger partial charge is 0.497 e. The number of methoxy groups -OCH3 is 2. The molecular weight excluding hydrogens is 360 g/mol. The molecule has 0 spiro atoms. The first kappa shape index (κ1) is 18.8. The van der Waals surface area contributed by atoms with Crippen LogP contribution in [0.25, 0.3) is 0 Å². The van der Waals surface area contributed by atoms with Gasteiger partial charge in [0, 0.05) is 23.2 Å². The minimum absolute atomic E-state index is 0.189. The number of benzene rings is 2. The van der Waals surface area contributed by atoms with Gasteiger partial charge >= 0.3 is 0 Å². The van der Waals surface area contributed by atoms with Crippen LogP contribution < -0.4 is 14.8 Å². The molecule has 1 amide bonds. The standard InChI is InChI=1S/C21H20N2O3S/c1-25-16-10-11-19(26-2)15(13-16)14-23-20(24)18-9-6-12-22-21(18)27-17-7-4-3-5-8-17/h3-13H,14H2,1-2H3,(H,23,24). The summed E-state index contributed by atoms with van der Waals surface area (Å²) in [6.45, 7) is 0.323. The first-order chi connectivity index (χ1) is 13.2. The molecule has 0 unspecified atom stereocenters. The summed E-state index contributed by atoms with van der Waals surface area (Å²) in [7, 11) is 3.20. The van der Waals surface area contributed by atoms with Crippen molar-refractivity contribution in [3.63, 3.8) is 0 Å². The second kappa shape index (κ2) is 9.09. The van der Waals surface area contributed by atoms with E-state index in [4.69, 9.17) is 9.47 Å². The summed E-state index contributed by atoms with van der Waals surface area (Å²) in [5, 5.41) is 3.61. The van der Waals surface area contributed by atoms with E-state index in [0.717, 1.165) is 10.5 Å². The number of carbonyl (C=O) groups excluding carboxylic acids is 1. The number of nitrogens with one attached hydrogen (secondary N) is 1. The molecule has 6 heteroatoms. The Bertz CT molecular complexity index is 916. The van der Waals surface area contributed by atoms with Crippen LogP contribution in [0.1, 0.15) is 15.9 Å². The van der Waals surface area contributed by atoms with Crippen molar-refractivity contribution < 1.29 is 14.3 Å². The molecule has 0 aliphatic heterocycles. The molecular formula is C21H20N2O3S. The van der Waals surface area contributed by atoms with Gasteiger partial charge in [-0.2, -0.15) is 0 Å². The van der Waals surface area contributed by atoms with Gasteiger partial charge in [-0.05, 0) is 42.5 Å². The summed E-state index contributed by atoms with van der Waals surface area (Å²) in [5.74, 6) is 1.22. The molecule has 0 bridgehead atoms. The van der Waals surface area contributed by atoms with Crippen molar-refractivity contribution in [2.75, 3.05) is 14.2 Å². The third-order valence-corrected chi connectivity index (χ3v) is 4.93. The van der Waals surface area contributed by atoms with Gasteiger partial charge in [0.15, 0.2) is 0 Å². The first-order valence-corrected chi connectivity index (χ1v) is 9.20. The molecule has 0 fully saturated rings. The Morgan fingerprint density at radius 2 is 1.85 bits per heavy atom. The van der Waals surface area contributed by atoms with E-state index in [1.165, 1.54) is 11.8 Å². The molecule has 1 N–H and O–H groups in total. The summed E-state index contributed by atoms with van der Waals surface area (Å²) in [6, 6.07) is 18.9. The Hall–Kier alpha value is -2.99. The van der Waals surface area contributed by atoms with Gasteiger partial charge in [-0.15, -0.1) is 0 Å². The zero-order valence-electron chi connectivity index (χ0n) is 15.1. The van der Waals surface area contributed by atoms with Crippen molar-refractivity contribution >= 4 is 17.7 Å². The highest BCUT2D eigenvalue weighted by molar-refractivity contribution is 7.99. The summed E-state index contributed by atoms with van der Waals surface area (Å²) < 4.78 is 10.6. The minimum Gasteiger partial charge on any atom is -0.497 e. The molecule has 3 aromatic rings. The molecule has 0 aliphatic carbocycles. The van der Waals surface area contributed by atoms with Crippen molar-refractivity contribution in [2.24, 2.45) is 0 Å². The molecule has 0 saturated heterocycles. The normalized spacial score (nSPS) is 10.3. The Labute approximate surface area is 162 Å². The van der Waals surface area contributed by atoms with E-state index >= 15 is 0 Å². The van der Waals surface area contributed by atoms with Crippen LogP contribution in [0, 0.1) is 0 Å². The van der Waals surface area contributed by atoms with Crippen molar-refractivity contribution in [1.29, 1.82) is 0 Å². The fourth-order valence-corrected chi connectivity index (χ4v) is 3.44. The van der Waals surface area contributed by atoms with E-state index in [0.29, 0.717) is 28.6 Å². The van der Waals surface area contributed by atoms with Crippen LogP contribution in [-0.4, -0.2) is 25.1 Å². The molecule has 0 atom stereocenters. The zero-order valence-corrected chi connectivity index (χ0v) is 16.0. The maximum Gasteiger partial charge on any atom is 0.254 e. The fourth-order valence-electron chi connectivity index (χ4n) is 2.54. The SMILES string of the molecule is COc1ccc(OC)c(CNC(=O)c2cccnc2Sc2ccccc2)c1. The van der Waals surface area contributed by atoms with Gasteiger partial charge in [0.05, 0.1) is 19.8 Å². The van der Waals surface area contributed by atoms with Crippen LogP contribution in [-0.2, 0) is 6.54 Å². The highest BCUT2D eigenvalue weighted by Crippen LogP contribution is 2.28. The first-order valence-electron chi connectivity index (χ1n) is 8.38. The molecule has 0 radical (unpaired) electrons. The third-order valence-electron chi connectivity index (χ3n) is 3.90. The predicted molar refractivity (Wildman–Crippen MR) is 106 cm³/mol. The topological polar surface area (TPSA) is 60.5 Å². The highest BCUT2D eigenvalue weighted by Gasteiger charge is 2.14. The van der Waals surface area contributed by atoms with Crippen LogP contribution in [0.3, 0.4) is 0 Å². The molecule has 1 aromatic heterocycles. The van der Waals surface area contributed by atoms with Crippen molar-refractivity contribution in [1.82, 2.24) is 10.3 Å². The quantitative estimate of drug-likeness (QED) is 0.666. The smallest absolute Gasteiger partial charge is 0.254 e. The Morgan fingerprint density at radius 3 is 2.59 bits per heavy atom. The van der Waals surface area contributed by atoms with Crippen molar-refractivity contribution in [2.45, 2.75) is 16.5 Å². The zero-order chi connectivity index (χ0) is 19.1. The van der Waals surface area contributed by atoms with Gasteiger partial charge in [0.25, 0.3) is 5.91 Å². The van der Waals surface area contributed by atoms with E-state index in [1.54, 1.807) is 32.5 Å². The van der Waals surface area contributed by atoms with E-state index in [2.05, 4.69) is 10.3 Å². The molecule has 138 valence electrons. The summed E-state index contributed by atoms with van der Waals surface area (Å²) >= 11 is 1.46. The third kappa shape index (κ3) is 4.80. The van der Waals surface area contributed by atoms with E-state index in [-0.39, 0.29) is 5.91 Å². The van der Waals surface area contributed by atoms with Crippen molar-refractivity contribution in [3.8, 4) is 11.5 Å². The molecule has 1 heterocycles. The summed E-state index contributed by atoms with van der Waals surface area (Å²) in [5.41, 5.74) is 1.37. The van der Waals surface area contributed by atoms with Gasteiger partial charge in [-0.1, -0.05) is 30.0 Å². The number of hydrogen-bond donors (Lipinski definition) is 1. The van der Waals surface area contributed by atoms with Crippen LogP contribution in [0.2, 0.25) is 0 Å². The Morgan fingerprint density at radius 1 is 1.04 bits per heavy atom. The highest BCUT2D eigenvalue weighted by atomic mass is 32.2. The monoisotopic (exact) mass is 380 g/mol. The average molecular weight is 380 g/mol. The van der Waals surface area contributed by atoms with Gasteiger partial charge in [-0.25, -0.2) is 4.98 Å². The van der Waals surface area contributed by atoms with Crippen LogP contribution in [0.5, 0.6) is 11.5 Å². The predicted octanol–water partition coefficient (Wildman–Crippen LogP) is 4.18. The number of amides is 1. The molecule has 27 heavy (non-hydrogen) atoms. The summed E-state index contributed by atoms with van der Waals surface area (Å²) in [6.07, 6.45) is 1.69. The van der Waals surface area contributed by atoms with Gasteiger partial charge in [0.1, 0.15) is 16.5 Å². The average Bonchev–Trinajstić information content (AvgIpc) is 2.73. The molecule has 0 aliphatic rings. The fraction of sp³-hybridized carbons (Fsp3) is 0.143. The second-order valence-corrected chi connectivity index (χ2v) is 6.69. The number of ether oxygens (including phenoxy) is 2. The number of carbonyl (C=O) groups is 1. The number of hydrogen-bond acceptors (Lipinski definition) is 5. The number of pyridine rings is 1. The lowest BCUT2D eigenvalue weighted by Crippen LogP contribution is -2.24. The van der Waals surface area contributed by atoms with E-state index < -0.39 is 0 Å². The lowest BCUT2D eigenvalue weighted by Gasteiger charge is -2.12. The van der Waals surface area contributed by atoms with Crippen LogP contribution in [0.15, 0.2) is 76.8 Å². The lowest BCUT2D eigenvalue weighted by molar-refractivity contribution is 0.0947. The van der Waals surface area contributed by atoms with Gasteiger partial charge < -0.3 is 14.8 Å². The van der Waals surface area contributed by atoms with E-state index in [9.17, 15) is 4.79 Å². The molecule has 2 aromatic carbocycles. The number of rotatable bonds is 7. The second-order valence-electron chi connectivity index (χ2n) is 5.63. The van der Waals surface area contributed by atoms with Gasteiger partial charge in [0.2, 0.25) is 0 Å². The molecule has 0 saturated carbocycles. The van der Waals surface area contributed by atoms with Crippen LogP contribution in [0.4, 0.5) is 0 Å². The molecule has 5 nitrogen and oxygen atoms in total. The van der Waals surface area contributed by atoms with E-state index in [1.807, 2.05) is 48.5 Å². The summed E-state index contributed by atoms with van der Waals surface area (Å²) in [4.78, 5) is 18.1. The van der Waals surface area contributed by atoms with Crippen molar-refractivity contribution in [3.05, 3.63) is 78.0 Å². The van der Waals surface area contributed by atoms with Crippen LogP contribution >= 0.6 is 11.8 Å². The van der Waals surface area contributed by atoms with Gasteiger partial charge in [-0.3, -0.25) is 4.79 Å². The minimum atomic E-state index is -0.189. The maximum absolute atomic E-state index is 12.7.